The van der Waals surface area contributed by atoms with Gasteiger partial charge in [-0.25, -0.2) is 0 Å². The Hall–Kier alpha value is -1.80. The number of nitrogens with zero attached hydrogens (tertiary/aromatic N) is 2. The van der Waals surface area contributed by atoms with E-state index in [1.165, 1.54) is 0 Å². The van der Waals surface area contributed by atoms with Crippen LogP contribution in [-0.4, -0.2) is 73.8 Å². The van der Waals surface area contributed by atoms with E-state index >= 15 is 0 Å². The number of piperazine rings is 1. The monoisotopic (exact) mass is 359 g/mol. The van der Waals surface area contributed by atoms with Crippen molar-refractivity contribution >= 4 is 5.91 Å². The summed E-state index contributed by atoms with van der Waals surface area (Å²) in [6.07, 6.45) is -4.38. The minimum Gasteiger partial charge on any atom is -0.492 e. The van der Waals surface area contributed by atoms with Gasteiger partial charge in [-0.3, -0.25) is 14.6 Å². The fourth-order valence-corrected chi connectivity index (χ4v) is 2.68. The number of carbonyl (C=O) groups is 1. The van der Waals surface area contributed by atoms with Crippen molar-refractivity contribution in [1.29, 1.82) is 0 Å². The van der Waals surface area contributed by atoms with Crippen LogP contribution >= 0.6 is 0 Å². The van der Waals surface area contributed by atoms with E-state index in [-0.39, 0.29) is 0 Å². The SMILES string of the molecule is CC(C(=O)NCC(F)(F)F)N1CCN(CCOc2ccccc2)CC1. The molecule has 1 amide bonds. The molecule has 1 heterocycles. The highest BCUT2D eigenvalue weighted by Crippen LogP contribution is 2.13. The summed E-state index contributed by atoms with van der Waals surface area (Å²) in [5.74, 6) is 0.245. The van der Waals surface area contributed by atoms with Gasteiger partial charge in [-0.15, -0.1) is 0 Å². The molecule has 1 unspecified atom stereocenters. The van der Waals surface area contributed by atoms with Crippen molar-refractivity contribution in [2.24, 2.45) is 0 Å². The van der Waals surface area contributed by atoms with Gasteiger partial charge in [0.25, 0.3) is 0 Å². The number of alkyl halides is 3. The van der Waals surface area contributed by atoms with Gasteiger partial charge in [-0.2, -0.15) is 13.2 Å². The van der Waals surface area contributed by atoms with E-state index in [0.29, 0.717) is 19.7 Å². The number of hydrogen-bond donors (Lipinski definition) is 1. The average molecular weight is 359 g/mol. The van der Waals surface area contributed by atoms with Gasteiger partial charge in [0.15, 0.2) is 0 Å². The Morgan fingerprint density at radius 2 is 1.84 bits per heavy atom. The lowest BCUT2D eigenvalue weighted by Crippen LogP contribution is -2.55. The molecular formula is C17H24F3N3O2. The molecule has 0 radical (unpaired) electrons. The highest BCUT2D eigenvalue weighted by atomic mass is 19.4. The molecule has 0 spiro atoms. The molecule has 1 aromatic carbocycles. The van der Waals surface area contributed by atoms with E-state index in [9.17, 15) is 18.0 Å². The fourth-order valence-electron chi connectivity index (χ4n) is 2.68. The second kappa shape index (κ2) is 9.05. The molecule has 1 aromatic rings. The van der Waals surface area contributed by atoms with Gasteiger partial charge in [0, 0.05) is 32.7 Å². The van der Waals surface area contributed by atoms with E-state index in [1.54, 1.807) is 6.92 Å². The number of rotatable bonds is 7. The first-order chi connectivity index (χ1) is 11.8. The fraction of sp³-hybridized carbons (Fsp3) is 0.588. The summed E-state index contributed by atoms with van der Waals surface area (Å²) in [7, 11) is 0. The number of carbonyl (C=O) groups excluding carboxylic acids is 1. The molecule has 1 atom stereocenters. The smallest absolute Gasteiger partial charge is 0.405 e. The maximum atomic E-state index is 12.2. The normalized spacial score (nSPS) is 17.9. The second-order valence-corrected chi connectivity index (χ2v) is 6.05. The molecule has 1 fully saturated rings. The Morgan fingerprint density at radius 1 is 1.20 bits per heavy atom. The van der Waals surface area contributed by atoms with Crippen LogP contribution in [0.3, 0.4) is 0 Å². The van der Waals surface area contributed by atoms with Crippen LogP contribution in [0.2, 0.25) is 0 Å². The number of para-hydroxylation sites is 1. The molecule has 2 rings (SSSR count). The van der Waals surface area contributed by atoms with Crippen molar-refractivity contribution in [3.8, 4) is 5.75 Å². The molecule has 140 valence electrons. The van der Waals surface area contributed by atoms with Crippen LogP contribution in [0.15, 0.2) is 30.3 Å². The molecule has 25 heavy (non-hydrogen) atoms. The van der Waals surface area contributed by atoms with Crippen molar-refractivity contribution in [1.82, 2.24) is 15.1 Å². The van der Waals surface area contributed by atoms with Gasteiger partial charge >= 0.3 is 6.18 Å². The second-order valence-electron chi connectivity index (χ2n) is 6.05. The molecule has 8 heteroatoms. The summed E-state index contributed by atoms with van der Waals surface area (Å²) in [4.78, 5) is 15.9. The van der Waals surface area contributed by atoms with E-state index in [2.05, 4.69) is 4.90 Å². The average Bonchev–Trinajstić information content (AvgIpc) is 2.60. The third kappa shape index (κ3) is 6.91. The zero-order valence-electron chi connectivity index (χ0n) is 14.3. The zero-order chi connectivity index (χ0) is 18.3. The summed E-state index contributed by atoms with van der Waals surface area (Å²) in [5, 5.41) is 1.94. The molecule has 5 nitrogen and oxygen atoms in total. The highest BCUT2D eigenvalue weighted by molar-refractivity contribution is 5.81. The molecule has 0 aliphatic carbocycles. The van der Waals surface area contributed by atoms with Crippen molar-refractivity contribution in [3.63, 3.8) is 0 Å². The standard InChI is InChI=1S/C17H24F3N3O2/c1-14(16(24)21-13-17(18,19)20)23-9-7-22(8-10-23)11-12-25-15-5-3-2-4-6-15/h2-6,14H,7-13H2,1H3,(H,21,24). The van der Waals surface area contributed by atoms with Crippen LogP contribution < -0.4 is 10.1 Å². The Balaban J connectivity index is 1.65. The summed E-state index contributed by atoms with van der Waals surface area (Å²) in [6.45, 7) is 4.51. The molecule has 0 bridgehead atoms. The van der Waals surface area contributed by atoms with E-state index in [0.717, 1.165) is 25.4 Å². The number of halogens is 3. The van der Waals surface area contributed by atoms with Crippen molar-refractivity contribution in [3.05, 3.63) is 30.3 Å². The van der Waals surface area contributed by atoms with Crippen LogP contribution in [0.5, 0.6) is 5.75 Å². The minimum absolute atomic E-state index is 0.565. The Kier molecular flexibility index (Phi) is 7.07. The number of amides is 1. The van der Waals surface area contributed by atoms with Gasteiger partial charge < -0.3 is 10.1 Å². The predicted octanol–water partition coefficient (Wildman–Crippen LogP) is 1.75. The maximum absolute atomic E-state index is 12.2. The molecule has 1 aliphatic heterocycles. The number of ether oxygens (including phenoxy) is 1. The van der Waals surface area contributed by atoms with Gasteiger partial charge in [0.2, 0.25) is 5.91 Å². The van der Waals surface area contributed by atoms with Crippen LogP contribution in [-0.2, 0) is 4.79 Å². The molecule has 1 saturated heterocycles. The van der Waals surface area contributed by atoms with E-state index in [1.807, 2.05) is 40.5 Å². The molecule has 0 aromatic heterocycles. The summed E-state index contributed by atoms with van der Waals surface area (Å²) < 4.78 is 42.2. The van der Waals surface area contributed by atoms with Crippen LogP contribution in [0.25, 0.3) is 0 Å². The van der Waals surface area contributed by atoms with E-state index < -0.39 is 24.7 Å². The number of benzene rings is 1. The van der Waals surface area contributed by atoms with Crippen molar-refractivity contribution < 1.29 is 22.7 Å². The van der Waals surface area contributed by atoms with Crippen LogP contribution in [0.4, 0.5) is 13.2 Å². The zero-order valence-corrected chi connectivity index (χ0v) is 14.3. The minimum atomic E-state index is -4.38. The molecule has 1 N–H and O–H groups in total. The van der Waals surface area contributed by atoms with Gasteiger partial charge in [0.1, 0.15) is 18.9 Å². The predicted molar refractivity (Wildman–Crippen MR) is 88.5 cm³/mol. The Bertz CT molecular complexity index is 532. The van der Waals surface area contributed by atoms with Crippen molar-refractivity contribution in [2.45, 2.75) is 19.1 Å². The van der Waals surface area contributed by atoms with Crippen LogP contribution in [0, 0.1) is 0 Å². The molecule has 1 aliphatic rings. The first kappa shape index (κ1) is 19.5. The largest absolute Gasteiger partial charge is 0.492 e. The lowest BCUT2D eigenvalue weighted by molar-refractivity contribution is -0.141. The Morgan fingerprint density at radius 3 is 2.44 bits per heavy atom. The van der Waals surface area contributed by atoms with Gasteiger partial charge in [-0.1, -0.05) is 18.2 Å². The summed E-state index contributed by atoms with van der Waals surface area (Å²) in [5.41, 5.74) is 0. The highest BCUT2D eigenvalue weighted by Gasteiger charge is 2.31. The van der Waals surface area contributed by atoms with Gasteiger partial charge in [0.05, 0.1) is 6.04 Å². The third-order valence-electron chi connectivity index (χ3n) is 4.22. The van der Waals surface area contributed by atoms with Crippen LogP contribution in [0.1, 0.15) is 6.92 Å². The molecule has 0 saturated carbocycles. The maximum Gasteiger partial charge on any atom is 0.405 e. The Labute approximate surface area is 145 Å². The van der Waals surface area contributed by atoms with Crippen molar-refractivity contribution in [2.75, 3.05) is 45.9 Å². The summed E-state index contributed by atoms with van der Waals surface area (Å²) >= 11 is 0. The summed E-state index contributed by atoms with van der Waals surface area (Å²) in [6, 6.07) is 9.00. The quantitative estimate of drug-likeness (QED) is 0.806. The van der Waals surface area contributed by atoms with Gasteiger partial charge in [-0.05, 0) is 19.1 Å². The third-order valence-corrected chi connectivity index (χ3v) is 4.22. The lowest BCUT2D eigenvalue weighted by atomic mass is 10.2. The number of hydrogen-bond acceptors (Lipinski definition) is 4. The first-order valence-electron chi connectivity index (χ1n) is 8.34. The lowest BCUT2D eigenvalue weighted by Gasteiger charge is -2.37. The number of nitrogens with one attached hydrogen (secondary N) is 1. The van der Waals surface area contributed by atoms with E-state index in [4.69, 9.17) is 4.74 Å². The molecular weight excluding hydrogens is 335 g/mol. The first-order valence-corrected chi connectivity index (χ1v) is 8.34. The topological polar surface area (TPSA) is 44.8 Å².